The zero-order chi connectivity index (χ0) is 13.5. The number of pyridine rings is 1. The maximum absolute atomic E-state index is 5.80. The minimum Gasteiger partial charge on any atom is -0.476 e. The first kappa shape index (κ1) is 13.9. The van der Waals surface area contributed by atoms with E-state index >= 15 is 0 Å². The Morgan fingerprint density at radius 2 is 2.26 bits per heavy atom. The molecule has 1 aliphatic heterocycles. The number of ether oxygens (including phenoxy) is 3. The van der Waals surface area contributed by atoms with Crippen LogP contribution in [-0.4, -0.2) is 30.9 Å². The van der Waals surface area contributed by atoms with Crippen molar-refractivity contribution in [3.8, 4) is 11.8 Å². The third kappa shape index (κ3) is 4.28. The highest BCUT2D eigenvalue weighted by Gasteiger charge is 2.15. The number of hydrogen-bond acceptors (Lipinski definition) is 5. The molecule has 1 saturated heterocycles. The van der Waals surface area contributed by atoms with Gasteiger partial charge in [-0.25, -0.2) is 0 Å². The lowest BCUT2D eigenvalue weighted by Crippen LogP contribution is -2.26. The molecule has 5 heteroatoms. The Kier molecular flexibility index (Phi) is 5.27. The van der Waals surface area contributed by atoms with Gasteiger partial charge >= 0.3 is 0 Å². The number of anilines is 1. The molecule has 1 fully saturated rings. The van der Waals surface area contributed by atoms with E-state index in [4.69, 9.17) is 19.9 Å². The molecule has 0 radical (unpaired) electrons. The molecule has 2 rings (SSSR count). The Labute approximate surface area is 114 Å². The molecule has 0 saturated carbocycles. The van der Waals surface area contributed by atoms with E-state index in [0.29, 0.717) is 30.7 Å². The van der Waals surface area contributed by atoms with E-state index in [9.17, 15) is 0 Å². The van der Waals surface area contributed by atoms with Gasteiger partial charge in [-0.15, -0.1) is 0 Å². The van der Waals surface area contributed by atoms with E-state index in [0.717, 1.165) is 25.9 Å². The van der Waals surface area contributed by atoms with Crippen LogP contribution in [0, 0.1) is 0 Å². The Morgan fingerprint density at radius 1 is 1.37 bits per heavy atom. The highest BCUT2D eigenvalue weighted by atomic mass is 16.5. The molecule has 106 valence electrons. The van der Waals surface area contributed by atoms with Crippen LogP contribution in [0.25, 0.3) is 0 Å². The van der Waals surface area contributed by atoms with Crippen molar-refractivity contribution >= 4 is 5.69 Å². The van der Waals surface area contributed by atoms with E-state index in [1.54, 1.807) is 12.1 Å². The van der Waals surface area contributed by atoms with Crippen LogP contribution in [-0.2, 0) is 4.74 Å². The number of nitrogens with zero attached hydrogens (tertiary/aromatic N) is 1. The second kappa shape index (κ2) is 7.19. The lowest BCUT2D eigenvalue weighted by atomic mass is 10.1. The van der Waals surface area contributed by atoms with Crippen molar-refractivity contribution in [1.82, 2.24) is 4.98 Å². The van der Waals surface area contributed by atoms with Gasteiger partial charge in [-0.05, 0) is 31.7 Å². The fourth-order valence-corrected chi connectivity index (χ4v) is 1.95. The second-order valence-corrected chi connectivity index (χ2v) is 4.69. The number of aromatic nitrogens is 1. The van der Waals surface area contributed by atoms with Crippen LogP contribution < -0.4 is 15.2 Å². The SMILES string of the molecule is CCCOc1nc(OCC2CCCCO2)ccc1N. The van der Waals surface area contributed by atoms with Gasteiger partial charge in [-0.1, -0.05) is 6.92 Å². The number of hydrogen-bond donors (Lipinski definition) is 1. The van der Waals surface area contributed by atoms with E-state index in [-0.39, 0.29) is 6.10 Å². The van der Waals surface area contributed by atoms with Crippen LogP contribution in [0.5, 0.6) is 11.8 Å². The first-order valence-electron chi connectivity index (χ1n) is 6.93. The van der Waals surface area contributed by atoms with Crippen molar-refractivity contribution in [2.24, 2.45) is 0 Å². The second-order valence-electron chi connectivity index (χ2n) is 4.69. The van der Waals surface area contributed by atoms with Crippen LogP contribution in [0.1, 0.15) is 32.6 Å². The molecular formula is C14H22N2O3. The normalized spacial score (nSPS) is 19.1. The summed E-state index contributed by atoms with van der Waals surface area (Å²) in [5.74, 6) is 0.985. The summed E-state index contributed by atoms with van der Waals surface area (Å²) in [7, 11) is 0. The van der Waals surface area contributed by atoms with Crippen LogP contribution >= 0.6 is 0 Å². The van der Waals surface area contributed by atoms with Gasteiger partial charge in [0.2, 0.25) is 11.8 Å². The molecule has 0 aromatic carbocycles. The Bertz CT molecular complexity index is 392. The topological polar surface area (TPSA) is 66.6 Å². The molecule has 0 spiro atoms. The van der Waals surface area contributed by atoms with E-state index in [1.165, 1.54) is 6.42 Å². The zero-order valence-corrected chi connectivity index (χ0v) is 11.4. The van der Waals surface area contributed by atoms with Crippen molar-refractivity contribution in [3.63, 3.8) is 0 Å². The Hall–Kier alpha value is -1.49. The van der Waals surface area contributed by atoms with E-state index in [2.05, 4.69) is 4.98 Å². The van der Waals surface area contributed by atoms with Gasteiger partial charge in [0, 0.05) is 12.7 Å². The van der Waals surface area contributed by atoms with Crippen molar-refractivity contribution in [1.29, 1.82) is 0 Å². The summed E-state index contributed by atoms with van der Waals surface area (Å²) < 4.78 is 16.7. The van der Waals surface area contributed by atoms with Gasteiger partial charge < -0.3 is 19.9 Å². The van der Waals surface area contributed by atoms with Crippen LogP contribution in [0.4, 0.5) is 5.69 Å². The van der Waals surface area contributed by atoms with E-state index < -0.39 is 0 Å². The lowest BCUT2D eigenvalue weighted by molar-refractivity contribution is -0.0120. The smallest absolute Gasteiger partial charge is 0.240 e. The summed E-state index contributed by atoms with van der Waals surface area (Å²) in [6, 6.07) is 3.52. The fraction of sp³-hybridized carbons (Fsp3) is 0.643. The molecular weight excluding hydrogens is 244 g/mol. The number of nitrogens with two attached hydrogens (primary N) is 1. The van der Waals surface area contributed by atoms with Gasteiger partial charge in [-0.3, -0.25) is 0 Å². The molecule has 0 bridgehead atoms. The molecule has 1 atom stereocenters. The maximum Gasteiger partial charge on any atom is 0.240 e. The van der Waals surface area contributed by atoms with Crippen molar-refractivity contribution in [2.45, 2.75) is 38.7 Å². The summed E-state index contributed by atoms with van der Waals surface area (Å²) >= 11 is 0. The van der Waals surface area contributed by atoms with Crippen molar-refractivity contribution in [3.05, 3.63) is 12.1 Å². The van der Waals surface area contributed by atoms with Gasteiger partial charge in [0.15, 0.2) is 0 Å². The molecule has 2 N–H and O–H groups in total. The number of rotatable bonds is 6. The first-order chi connectivity index (χ1) is 9.29. The summed E-state index contributed by atoms with van der Waals surface area (Å²) in [6.45, 7) is 4.00. The van der Waals surface area contributed by atoms with Gasteiger partial charge in [-0.2, -0.15) is 4.98 Å². The van der Waals surface area contributed by atoms with Crippen LogP contribution in [0.15, 0.2) is 12.1 Å². The maximum atomic E-state index is 5.80. The zero-order valence-electron chi connectivity index (χ0n) is 11.4. The molecule has 1 aromatic rings. The van der Waals surface area contributed by atoms with Gasteiger partial charge in [0.25, 0.3) is 0 Å². The van der Waals surface area contributed by atoms with Gasteiger partial charge in [0.05, 0.1) is 18.4 Å². The highest BCUT2D eigenvalue weighted by Crippen LogP contribution is 2.23. The van der Waals surface area contributed by atoms with E-state index in [1.807, 2.05) is 6.92 Å². The van der Waals surface area contributed by atoms with Crippen molar-refractivity contribution in [2.75, 3.05) is 25.6 Å². The average Bonchev–Trinajstić information content (AvgIpc) is 2.46. The minimum atomic E-state index is 0.174. The average molecular weight is 266 g/mol. The summed E-state index contributed by atoms with van der Waals surface area (Å²) in [6.07, 6.45) is 4.49. The fourth-order valence-electron chi connectivity index (χ4n) is 1.95. The Balaban J connectivity index is 1.88. The molecule has 1 unspecified atom stereocenters. The number of nitrogen functional groups attached to an aromatic ring is 1. The third-order valence-corrected chi connectivity index (χ3v) is 3.00. The molecule has 1 aliphatic rings. The highest BCUT2D eigenvalue weighted by molar-refractivity contribution is 5.49. The predicted octanol–water partition coefficient (Wildman–Crippen LogP) is 2.40. The first-order valence-corrected chi connectivity index (χ1v) is 6.93. The van der Waals surface area contributed by atoms with Crippen LogP contribution in [0.2, 0.25) is 0 Å². The molecule has 19 heavy (non-hydrogen) atoms. The summed E-state index contributed by atoms with van der Waals surface area (Å²) in [4.78, 5) is 4.27. The standard InChI is InChI=1S/C14H22N2O3/c1-2-8-18-14-12(15)6-7-13(16-14)19-10-11-5-3-4-9-17-11/h6-7,11H,2-5,8-10,15H2,1H3. The molecule has 0 aliphatic carbocycles. The minimum absolute atomic E-state index is 0.174. The largest absolute Gasteiger partial charge is 0.476 e. The van der Waals surface area contributed by atoms with Crippen LogP contribution in [0.3, 0.4) is 0 Å². The summed E-state index contributed by atoms with van der Waals surface area (Å²) in [5, 5.41) is 0. The molecule has 0 amide bonds. The quantitative estimate of drug-likeness (QED) is 0.856. The molecule has 2 heterocycles. The summed E-state index contributed by atoms with van der Waals surface area (Å²) in [5.41, 5.74) is 6.34. The molecule has 5 nitrogen and oxygen atoms in total. The third-order valence-electron chi connectivity index (χ3n) is 3.00. The monoisotopic (exact) mass is 266 g/mol. The molecule has 1 aromatic heterocycles. The Morgan fingerprint density at radius 3 is 3.00 bits per heavy atom. The predicted molar refractivity (Wildman–Crippen MR) is 73.5 cm³/mol. The lowest BCUT2D eigenvalue weighted by Gasteiger charge is -2.22. The van der Waals surface area contributed by atoms with Crippen molar-refractivity contribution < 1.29 is 14.2 Å². The van der Waals surface area contributed by atoms with Gasteiger partial charge in [0.1, 0.15) is 6.61 Å².